The van der Waals surface area contributed by atoms with Crippen LogP contribution in [-0.2, 0) is 14.8 Å². The minimum atomic E-state index is -3.63. The van der Waals surface area contributed by atoms with Gasteiger partial charge in [-0.1, -0.05) is 0 Å². The van der Waals surface area contributed by atoms with Crippen LogP contribution in [0.4, 0.5) is 0 Å². The van der Waals surface area contributed by atoms with Crippen LogP contribution in [0.1, 0.15) is 23.2 Å². The molecule has 2 rings (SSSR count). The molecule has 1 saturated carbocycles. The maximum atomic E-state index is 12.5. The minimum Gasteiger partial charge on any atom is -0.465 e. The van der Waals surface area contributed by atoms with E-state index in [-0.39, 0.29) is 24.1 Å². The highest BCUT2D eigenvalue weighted by molar-refractivity contribution is 7.89. The van der Waals surface area contributed by atoms with E-state index in [1.807, 2.05) is 0 Å². The van der Waals surface area contributed by atoms with E-state index in [9.17, 15) is 13.2 Å². The Labute approximate surface area is 118 Å². The molecule has 0 unspecified atom stereocenters. The fourth-order valence-corrected chi connectivity index (χ4v) is 3.65. The molecule has 0 heterocycles. The quantitative estimate of drug-likeness (QED) is 0.778. The van der Waals surface area contributed by atoms with Gasteiger partial charge < -0.3 is 9.84 Å². The van der Waals surface area contributed by atoms with Crippen LogP contribution in [-0.4, -0.2) is 50.1 Å². The van der Waals surface area contributed by atoms with Gasteiger partial charge in [0.1, 0.15) is 0 Å². The van der Waals surface area contributed by atoms with Crippen molar-refractivity contribution in [3.05, 3.63) is 29.8 Å². The van der Waals surface area contributed by atoms with Gasteiger partial charge in [-0.25, -0.2) is 13.2 Å². The molecule has 0 bridgehead atoms. The van der Waals surface area contributed by atoms with E-state index in [1.54, 1.807) is 0 Å². The number of ether oxygens (including phenoxy) is 1. The lowest BCUT2D eigenvalue weighted by atomic mass is 10.2. The number of sulfonamides is 1. The minimum absolute atomic E-state index is 0.0209. The van der Waals surface area contributed by atoms with Crippen molar-refractivity contribution in [2.75, 3.05) is 20.3 Å². The molecule has 110 valence electrons. The number of benzene rings is 1. The summed E-state index contributed by atoms with van der Waals surface area (Å²) in [6.07, 6.45) is 1.64. The van der Waals surface area contributed by atoms with Gasteiger partial charge in [0.2, 0.25) is 10.0 Å². The van der Waals surface area contributed by atoms with E-state index >= 15 is 0 Å². The van der Waals surface area contributed by atoms with E-state index in [1.165, 1.54) is 35.7 Å². The van der Waals surface area contributed by atoms with Gasteiger partial charge in [-0.3, -0.25) is 0 Å². The molecule has 7 heteroatoms. The topological polar surface area (TPSA) is 83.9 Å². The first-order chi connectivity index (χ1) is 9.50. The Morgan fingerprint density at radius 1 is 1.35 bits per heavy atom. The second kappa shape index (κ2) is 5.90. The molecule has 1 fully saturated rings. The van der Waals surface area contributed by atoms with Crippen molar-refractivity contribution >= 4 is 16.0 Å². The first-order valence-electron chi connectivity index (χ1n) is 6.32. The lowest BCUT2D eigenvalue weighted by Crippen LogP contribution is -2.35. The van der Waals surface area contributed by atoms with Crippen molar-refractivity contribution in [1.29, 1.82) is 0 Å². The predicted octanol–water partition coefficient (Wildman–Crippen LogP) is 0.619. The van der Waals surface area contributed by atoms with Crippen molar-refractivity contribution in [2.24, 2.45) is 0 Å². The van der Waals surface area contributed by atoms with Crippen LogP contribution >= 0.6 is 0 Å². The Hall–Kier alpha value is -1.44. The third-order valence-corrected chi connectivity index (χ3v) is 5.12. The number of nitrogens with zero attached hydrogens (tertiary/aromatic N) is 1. The number of carbonyl (C=O) groups is 1. The van der Waals surface area contributed by atoms with E-state index in [2.05, 4.69) is 4.74 Å². The Balaban J connectivity index is 2.26. The Morgan fingerprint density at radius 2 is 1.95 bits per heavy atom. The molecule has 1 aliphatic carbocycles. The molecule has 6 nitrogen and oxygen atoms in total. The summed E-state index contributed by atoms with van der Waals surface area (Å²) in [5.74, 6) is -0.511. The molecule has 0 amide bonds. The van der Waals surface area contributed by atoms with Gasteiger partial charge in [0.15, 0.2) is 0 Å². The largest absolute Gasteiger partial charge is 0.465 e. The smallest absolute Gasteiger partial charge is 0.337 e. The lowest BCUT2D eigenvalue weighted by molar-refractivity contribution is 0.0600. The standard InChI is InChI=1S/C13H17NO5S/c1-19-13(16)10-2-6-12(7-3-10)20(17,18)14(8-9-15)11-4-5-11/h2-3,6-7,11,15H,4-5,8-9H2,1H3. The molecular formula is C13H17NO5S. The molecule has 0 saturated heterocycles. The van der Waals surface area contributed by atoms with Gasteiger partial charge in [0.05, 0.1) is 24.2 Å². The normalized spacial score (nSPS) is 15.3. The highest BCUT2D eigenvalue weighted by Gasteiger charge is 2.37. The number of esters is 1. The van der Waals surface area contributed by atoms with E-state index in [0.717, 1.165) is 12.8 Å². The molecule has 0 aromatic heterocycles. The molecular weight excluding hydrogens is 282 g/mol. The zero-order chi connectivity index (χ0) is 14.8. The number of rotatable bonds is 6. The number of aliphatic hydroxyl groups excluding tert-OH is 1. The second-order valence-electron chi connectivity index (χ2n) is 4.59. The first-order valence-corrected chi connectivity index (χ1v) is 7.76. The van der Waals surface area contributed by atoms with Crippen LogP contribution in [0.3, 0.4) is 0 Å². The van der Waals surface area contributed by atoms with Crippen molar-refractivity contribution in [3.63, 3.8) is 0 Å². The van der Waals surface area contributed by atoms with Gasteiger partial charge in [-0.2, -0.15) is 4.31 Å². The molecule has 0 radical (unpaired) electrons. The summed E-state index contributed by atoms with van der Waals surface area (Å²) in [5.41, 5.74) is 0.298. The molecule has 1 aromatic carbocycles. The van der Waals surface area contributed by atoms with Gasteiger partial charge in [-0.05, 0) is 37.1 Å². The summed E-state index contributed by atoms with van der Waals surface area (Å²) in [4.78, 5) is 11.4. The third-order valence-electron chi connectivity index (χ3n) is 3.16. The highest BCUT2D eigenvalue weighted by Crippen LogP contribution is 2.31. The van der Waals surface area contributed by atoms with Crippen molar-refractivity contribution < 1.29 is 23.1 Å². The van der Waals surface area contributed by atoms with Crippen LogP contribution in [0.25, 0.3) is 0 Å². The zero-order valence-corrected chi connectivity index (χ0v) is 12.0. The molecule has 1 aromatic rings. The SMILES string of the molecule is COC(=O)c1ccc(S(=O)(=O)N(CCO)C2CC2)cc1. The summed E-state index contributed by atoms with van der Waals surface area (Å²) in [5, 5.41) is 9.01. The van der Waals surface area contributed by atoms with Crippen LogP contribution in [0.15, 0.2) is 29.2 Å². The van der Waals surface area contributed by atoms with Crippen LogP contribution in [0.2, 0.25) is 0 Å². The highest BCUT2D eigenvalue weighted by atomic mass is 32.2. The lowest BCUT2D eigenvalue weighted by Gasteiger charge is -2.20. The predicted molar refractivity (Wildman–Crippen MR) is 71.8 cm³/mol. The van der Waals surface area contributed by atoms with Crippen LogP contribution < -0.4 is 0 Å². The third kappa shape index (κ3) is 3.00. The van der Waals surface area contributed by atoms with E-state index in [0.29, 0.717) is 5.56 Å². The fraction of sp³-hybridized carbons (Fsp3) is 0.462. The fourth-order valence-electron chi connectivity index (χ4n) is 1.98. The molecule has 20 heavy (non-hydrogen) atoms. The van der Waals surface area contributed by atoms with Crippen molar-refractivity contribution in [2.45, 2.75) is 23.8 Å². The molecule has 0 atom stereocenters. The molecule has 1 N–H and O–H groups in total. The van der Waals surface area contributed by atoms with Crippen molar-refractivity contribution in [1.82, 2.24) is 4.31 Å². The maximum Gasteiger partial charge on any atom is 0.337 e. The van der Waals surface area contributed by atoms with Gasteiger partial charge in [-0.15, -0.1) is 0 Å². The summed E-state index contributed by atoms with van der Waals surface area (Å²) in [6.45, 7) is -0.123. The van der Waals surface area contributed by atoms with E-state index < -0.39 is 16.0 Å². The second-order valence-corrected chi connectivity index (χ2v) is 6.48. The van der Waals surface area contributed by atoms with Crippen molar-refractivity contribution in [3.8, 4) is 0 Å². The van der Waals surface area contributed by atoms with Gasteiger partial charge in [0.25, 0.3) is 0 Å². The summed E-state index contributed by atoms with van der Waals surface area (Å²) < 4.78 is 30.8. The summed E-state index contributed by atoms with van der Waals surface area (Å²) in [7, 11) is -2.36. The van der Waals surface area contributed by atoms with Gasteiger partial charge >= 0.3 is 5.97 Å². The number of hydrogen-bond donors (Lipinski definition) is 1. The van der Waals surface area contributed by atoms with Gasteiger partial charge in [0, 0.05) is 12.6 Å². The maximum absolute atomic E-state index is 12.5. The number of hydrogen-bond acceptors (Lipinski definition) is 5. The first kappa shape index (κ1) is 15.0. The van der Waals surface area contributed by atoms with Crippen LogP contribution in [0, 0.1) is 0 Å². The molecule has 1 aliphatic rings. The Bertz CT molecular complexity index is 577. The summed E-state index contributed by atoms with van der Waals surface area (Å²) >= 11 is 0. The number of methoxy groups -OCH3 is 1. The molecule has 0 aliphatic heterocycles. The average Bonchev–Trinajstić information content (AvgIpc) is 3.28. The Morgan fingerprint density at radius 3 is 2.40 bits per heavy atom. The number of aliphatic hydroxyl groups is 1. The zero-order valence-electron chi connectivity index (χ0n) is 11.2. The average molecular weight is 299 g/mol. The monoisotopic (exact) mass is 299 g/mol. The van der Waals surface area contributed by atoms with Crippen LogP contribution in [0.5, 0.6) is 0 Å². The molecule has 0 spiro atoms. The van der Waals surface area contributed by atoms with E-state index in [4.69, 9.17) is 5.11 Å². The summed E-state index contributed by atoms with van der Waals surface area (Å²) in [6, 6.07) is 5.58. The Kier molecular flexibility index (Phi) is 4.42. The number of carbonyl (C=O) groups excluding carboxylic acids is 1.